The van der Waals surface area contributed by atoms with Crippen LogP contribution in [0.25, 0.3) is 0 Å². The molecule has 0 bridgehead atoms. The molecule has 5 nitrogen and oxygen atoms in total. The van der Waals surface area contributed by atoms with E-state index in [-0.39, 0.29) is 22.4 Å². The first-order chi connectivity index (χ1) is 10.4. The first kappa shape index (κ1) is 17.5. The van der Waals surface area contributed by atoms with Gasteiger partial charge in [0.25, 0.3) is 0 Å². The van der Waals surface area contributed by atoms with Crippen molar-refractivity contribution in [3.63, 3.8) is 0 Å². The molecule has 0 atom stereocenters. The largest absolute Gasteiger partial charge is 0.341 e. The lowest BCUT2D eigenvalue weighted by atomic mass is 10.3. The average molecular weight is 365 g/mol. The van der Waals surface area contributed by atoms with Crippen LogP contribution in [0.1, 0.15) is 19.8 Å². The number of nitrogens with zero attached hydrogens (tertiary/aromatic N) is 2. The molecule has 22 heavy (non-hydrogen) atoms. The number of amides is 1. The third-order valence-corrected chi connectivity index (χ3v) is 6.27. The molecule has 0 N–H and O–H groups in total. The Hall–Kier alpha value is -0.820. The van der Waals surface area contributed by atoms with Crippen molar-refractivity contribution >= 4 is 39.1 Å². The first-order valence-corrected chi connectivity index (χ1v) is 9.29. The van der Waals surface area contributed by atoms with Crippen molar-refractivity contribution in [1.82, 2.24) is 9.21 Å². The Balaban J connectivity index is 2.19. The quantitative estimate of drug-likeness (QED) is 0.828. The van der Waals surface area contributed by atoms with E-state index in [2.05, 4.69) is 0 Å². The van der Waals surface area contributed by atoms with Gasteiger partial charge in [-0.3, -0.25) is 4.79 Å². The van der Waals surface area contributed by atoms with Gasteiger partial charge >= 0.3 is 0 Å². The van der Waals surface area contributed by atoms with Crippen LogP contribution in [0, 0.1) is 0 Å². The van der Waals surface area contributed by atoms with Gasteiger partial charge in [-0.1, -0.05) is 30.1 Å². The van der Waals surface area contributed by atoms with Crippen LogP contribution in [0.3, 0.4) is 0 Å². The maximum absolute atomic E-state index is 12.7. The summed E-state index contributed by atoms with van der Waals surface area (Å²) in [6.07, 6.45) is 1.05. The second-order valence-electron chi connectivity index (χ2n) is 5.07. The molecule has 1 aromatic carbocycles. The van der Waals surface area contributed by atoms with Gasteiger partial charge in [-0.2, -0.15) is 4.31 Å². The Kier molecular flexibility index (Phi) is 5.71. The predicted molar refractivity (Wildman–Crippen MR) is 86.7 cm³/mol. The molecule has 0 aliphatic carbocycles. The molecule has 0 saturated carbocycles. The molecule has 8 heteroatoms. The number of halogens is 2. The second kappa shape index (κ2) is 7.17. The van der Waals surface area contributed by atoms with Crippen LogP contribution in [-0.2, 0) is 14.8 Å². The van der Waals surface area contributed by atoms with E-state index < -0.39 is 10.0 Å². The summed E-state index contributed by atoms with van der Waals surface area (Å²) < 4.78 is 26.7. The molecule has 1 amide bonds. The fourth-order valence-corrected chi connectivity index (χ4v) is 4.25. The average Bonchev–Trinajstić information content (AvgIpc) is 2.75. The fraction of sp³-hybridized carbons (Fsp3) is 0.500. The molecular weight excluding hydrogens is 347 g/mol. The summed E-state index contributed by atoms with van der Waals surface area (Å²) in [5.74, 6) is 0.0498. The van der Waals surface area contributed by atoms with Crippen molar-refractivity contribution in [2.24, 2.45) is 0 Å². The Bertz CT molecular complexity index is 664. The summed E-state index contributed by atoms with van der Waals surface area (Å²) in [4.78, 5) is 13.6. The van der Waals surface area contributed by atoms with E-state index in [4.69, 9.17) is 23.2 Å². The molecule has 1 fully saturated rings. The Morgan fingerprint density at radius 1 is 1.14 bits per heavy atom. The third kappa shape index (κ3) is 3.74. The van der Waals surface area contributed by atoms with Gasteiger partial charge in [0.2, 0.25) is 15.9 Å². The smallest absolute Gasteiger partial charge is 0.243 e. The van der Waals surface area contributed by atoms with E-state index in [1.807, 2.05) is 0 Å². The summed E-state index contributed by atoms with van der Waals surface area (Å²) in [6, 6.07) is 4.28. The summed E-state index contributed by atoms with van der Waals surface area (Å²) in [5.41, 5.74) is 0. The highest BCUT2D eigenvalue weighted by atomic mass is 35.5. The van der Waals surface area contributed by atoms with Crippen molar-refractivity contribution in [3.05, 3.63) is 28.2 Å². The monoisotopic (exact) mass is 364 g/mol. The van der Waals surface area contributed by atoms with Crippen LogP contribution in [0.15, 0.2) is 23.1 Å². The van der Waals surface area contributed by atoms with E-state index in [1.54, 1.807) is 11.8 Å². The summed E-state index contributed by atoms with van der Waals surface area (Å²) in [7, 11) is -3.63. The number of hydrogen-bond donors (Lipinski definition) is 0. The van der Waals surface area contributed by atoms with Crippen molar-refractivity contribution in [3.8, 4) is 0 Å². The standard InChI is InChI=1S/C14H18Cl2N2O3S/c1-2-14(19)17-6-3-7-18(9-8-17)22(20,21)11-4-5-12(15)13(16)10-11/h4-5,10H,2-3,6-9H2,1H3. The number of benzene rings is 1. The number of carbonyl (C=O) groups is 1. The molecule has 1 heterocycles. The first-order valence-electron chi connectivity index (χ1n) is 7.09. The van der Waals surface area contributed by atoms with Gasteiger partial charge in [0.05, 0.1) is 14.9 Å². The lowest BCUT2D eigenvalue weighted by Gasteiger charge is -2.21. The predicted octanol–water partition coefficient (Wildman–Crippen LogP) is 2.63. The zero-order chi connectivity index (χ0) is 16.3. The van der Waals surface area contributed by atoms with Gasteiger partial charge in [-0.05, 0) is 24.6 Å². The lowest BCUT2D eigenvalue weighted by molar-refractivity contribution is -0.130. The molecule has 0 spiro atoms. The normalized spacial score (nSPS) is 17.3. The molecule has 1 aromatic rings. The van der Waals surface area contributed by atoms with Crippen LogP contribution in [-0.4, -0.2) is 49.7 Å². The maximum Gasteiger partial charge on any atom is 0.243 e. The molecular formula is C14H18Cl2N2O3S. The highest BCUT2D eigenvalue weighted by Gasteiger charge is 2.28. The SMILES string of the molecule is CCC(=O)N1CCCN(S(=O)(=O)c2ccc(Cl)c(Cl)c2)CC1. The minimum absolute atomic E-state index is 0.0498. The minimum Gasteiger partial charge on any atom is -0.341 e. The highest BCUT2D eigenvalue weighted by Crippen LogP contribution is 2.27. The molecule has 1 aliphatic rings. The summed E-state index contributed by atoms with van der Waals surface area (Å²) >= 11 is 11.7. The minimum atomic E-state index is -3.63. The van der Waals surface area contributed by atoms with Crippen LogP contribution < -0.4 is 0 Å². The maximum atomic E-state index is 12.7. The van der Waals surface area contributed by atoms with Crippen molar-refractivity contribution in [2.75, 3.05) is 26.2 Å². The molecule has 1 saturated heterocycles. The molecule has 0 aromatic heterocycles. The Labute approximate surface area is 140 Å². The molecule has 2 rings (SSSR count). The number of rotatable bonds is 3. The van der Waals surface area contributed by atoms with Crippen LogP contribution >= 0.6 is 23.2 Å². The van der Waals surface area contributed by atoms with Gasteiger partial charge < -0.3 is 4.90 Å². The lowest BCUT2D eigenvalue weighted by Crippen LogP contribution is -2.37. The number of sulfonamides is 1. The van der Waals surface area contributed by atoms with Crippen molar-refractivity contribution < 1.29 is 13.2 Å². The van der Waals surface area contributed by atoms with E-state index >= 15 is 0 Å². The van der Waals surface area contributed by atoms with Gasteiger partial charge in [0, 0.05) is 32.6 Å². The zero-order valence-corrected chi connectivity index (χ0v) is 14.6. The van der Waals surface area contributed by atoms with Gasteiger partial charge in [-0.25, -0.2) is 8.42 Å². The van der Waals surface area contributed by atoms with Gasteiger partial charge in [-0.15, -0.1) is 0 Å². The van der Waals surface area contributed by atoms with Crippen molar-refractivity contribution in [1.29, 1.82) is 0 Å². The Morgan fingerprint density at radius 2 is 1.86 bits per heavy atom. The van der Waals surface area contributed by atoms with Gasteiger partial charge in [0.15, 0.2) is 0 Å². The number of carbonyl (C=O) groups excluding carboxylic acids is 1. The molecule has 1 aliphatic heterocycles. The highest BCUT2D eigenvalue weighted by molar-refractivity contribution is 7.89. The summed E-state index contributed by atoms with van der Waals surface area (Å²) in [6.45, 7) is 3.47. The molecule has 0 unspecified atom stereocenters. The van der Waals surface area contributed by atoms with Crippen LogP contribution in [0.2, 0.25) is 10.0 Å². The third-order valence-electron chi connectivity index (χ3n) is 3.64. The topological polar surface area (TPSA) is 57.7 Å². The number of hydrogen-bond acceptors (Lipinski definition) is 3. The fourth-order valence-electron chi connectivity index (χ4n) is 2.39. The summed E-state index contributed by atoms with van der Waals surface area (Å²) in [5, 5.41) is 0.525. The van der Waals surface area contributed by atoms with E-state index in [0.29, 0.717) is 37.5 Å². The zero-order valence-electron chi connectivity index (χ0n) is 12.3. The van der Waals surface area contributed by atoms with Crippen molar-refractivity contribution in [2.45, 2.75) is 24.7 Å². The van der Waals surface area contributed by atoms with Crippen LogP contribution in [0.5, 0.6) is 0 Å². The van der Waals surface area contributed by atoms with E-state index in [1.165, 1.54) is 22.5 Å². The van der Waals surface area contributed by atoms with E-state index in [9.17, 15) is 13.2 Å². The van der Waals surface area contributed by atoms with Gasteiger partial charge in [0.1, 0.15) is 0 Å². The molecule has 122 valence electrons. The second-order valence-corrected chi connectivity index (χ2v) is 7.82. The van der Waals surface area contributed by atoms with Crippen LogP contribution in [0.4, 0.5) is 0 Å². The van der Waals surface area contributed by atoms with E-state index in [0.717, 1.165) is 0 Å². The molecule has 0 radical (unpaired) electrons. The Morgan fingerprint density at radius 3 is 2.50 bits per heavy atom.